The quantitative estimate of drug-likeness (QED) is 0.848. The molecule has 1 aliphatic heterocycles. The SMILES string of the molecule is CC(C)N1c2ccccc2CC1CC(=O)O. The Morgan fingerprint density at radius 1 is 1.50 bits per heavy atom. The monoisotopic (exact) mass is 219 g/mol. The molecule has 0 amide bonds. The predicted octanol–water partition coefficient (Wildman–Crippen LogP) is 2.30. The number of anilines is 1. The van der Waals surface area contributed by atoms with Gasteiger partial charge in [0.2, 0.25) is 0 Å². The van der Waals surface area contributed by atoms with Gasteiger partial charge in [0.25, 0.3) is 0 Å². The van der Waals surface area contributed by atoms with Gasteiger partial charge in [0.15, 0.2) is 0 Å². The van der Waals surface area contributed by atoms with Crippen molar-refractivity contribution in [1.82, 2.24) is 0 Å². The van der Waals surface area contributed by atoms with Gasteiger partial charge in [-0.25, -0.2) is 0 Å². The summed E-state index contributed by atoms with van der Waals surface area (Å²) in [5, 5.41) is 8.93. The molecule has 0 fully saturated rings. The highest BCUT2D eigenvalue weighted by Gasteiger charge is 2.31. The minimum absolute atomic E-state index is 0.106. The van der Waals surface area contributed by atoms with E-state index in [4.69, 9.17) is 5.11 Å². The lowest BCUT2D eigenvalue weighted by Crippen LogP contribution is -2.39. The maximum atomic E-state index is 10.8. The molecule has 0 radical (unpaired) electrons. The van der Waals surface area contributed by atoms with E-state index in [1.807, 2.05) is 12.1 Å². The number of carboxylic acids is 1. The zero-order valence-corrected chi connectivity index (χ0v) is 9.68. The van der Waals surface area contributed by atoms with E-state index in [0.717, 1.165) is 6.42 Å². The number of benzene rings is 1. The fourth-order valence-corrected chi connectivity index (χ4v) is 2.56. The Balaban J connectivity index is 2.30. The lowest BCUT2D eigenvalue weighted by Gasteiger charge is -2.30. The van der Waals surface area contributed by atoms with Gasteiger partial charge < -0.3 is 10.0 Å². The van der Waals surface area contributed by atoms with E-state index < -0.39 is 5.97 Å². The van der Waals surface area contributed by atoms with Crippen molar-refractivity contribution in [3.63, 3.8) is 0 Å². The van der Waals surface area contributed by atoms with Crippen LogP contribution in [0.25, 0.3) is 0 Å². The number of hydrogen-bond donors (Lipinski definition) is 1. The number of para-hydroxylation sites is 1. The van der Waals surface area contributed by atoms with Crippen LogP contribution in [0.1, 0.15) is 25.8 Å². The fraction of sp³-hybridized carbons (Fsp3) is 0.462. The van der Waals surface area contributed by atoms with Crippen molar-refractivity contribution in [2.24, 2.45) is 0 Å². The molecular weight excluding hydrogens is 202 g/mol. The zero-order chi connectivity index (χ0) is 11.7. The van der Waals surface area contributed by atoms with Gasteiger partial charge in [-0.15, -0.1) is 0 Å². The number of nitrogens with zero attached hydrogens (tertiary/aromatic N) is 1. The molecule has 0 saturated carbocycles. The average Bonchev–Trinajstić information content (AvgIpc) is 2.53. The second-order valence-corrected chi connectivity index (χ2v) is 4.59. The Kier molecular flexibility index (Phi) is 2.86. The molecular formula is C13H17NO2. The van der Waals surface area contributed by atoms with Crippen LogP contribution in [-0.4, -0.2) is 23.2 Å². The Bertz CT molecular complexity index is 401. The molecule has 86 valence electrons. The third-order valence-electron chi connectivity index (χ3n) is 3.09. The van der Waals surface area contributed by atoms with Crippen LogP contribution in [0, 0.1) is 0 Å². The summed E-state index contributed by atoms with van der Waals surface area (Å²) in [6.07, 6.45) is 1.06. The Morgan fingerprint density at radius 3 is 2.81 bits per heavy atom. The summed E-state index contributed by atoms with van der Waals surface area (Å²) in [6.45, 7) is 4.22. The van der Waals surface area contributed by atoms with Crippen molar-refractivity contribution in [1.29, 1.82) is 0 Å². The Morgan fingerprint density at radius 2 is 2.19 bits per heavy atom. The third-order valence-corrected chi connectivity index (χ3v) is 3.09. The molecule has 1 aromatic rings. The molecule has 1 unspecified atom stereocenters. The van der Waals surface area contributed by atoms with E-state index in [2.05, 4.69) is 30.9 Å². The summed E-state index contributed by atoms with van der Waals surface area (Å²) < 4.78 is 0. The highest BCUT2D eigenvalue weighted by Crippen LogP contribution is 2.34. The molecule has 1 aliphatic rings. The van der Waals surface area contributed by atoms with Crippen molar-refractivity contribution in [3.8, 4) is 0 Å². The van der Waals surface area contributed by atoms with Crippen molar-refractivity contribution < 1.29 is 9.90 Å². The molecule has 0 aliphatic carbocycles. The first-order valence-corrected chi connectivity index (χ1v) is 5.67. The minimum atomic E-state index is -0.719. The van der Waals surface area contributed by atoms with E-state index in [9.17, 15) is 4.79 Å². The van der Waals surface area contributed by atoms with E-state index in [1.165, 1.54) is 11.3 Å². The van der Waals surface area contributed by atoms with Crippen LogP contribution in [0.4, 0.5) is 5.69 Å². The van der Waals surface area contributed by atoms with Crippen LogP contribution in [-0.2, 0) is 11.2 Å². The van der Waals surface area contributed by atoms with Crippen molar-refractivity contribution in [2.45, 2.75) is 38.8 Å². The third kappa shape index (κ3) is 1.90. The molecule has 0 saturated heterocycles. The standard InChI is InChI=1S/C13H17NO2/c1-9(2)14-11(8-13(15)16)7-10-5-3-4-6-12(10)14/h3-6,9,11H,7-8H2,1-2H3,(H,15,16). The summed E-state index contributed by atoms with van der Waals surface area (Å²) >= 11 is 0. The van der Waals surface area contributed by atoms with Gasteiger partial charge in [0.1, 0.15) is 0 Å². The number of carboxylic acid groups (broad SMARTS) is 1. The number of fused-ring (bicyclic) bond motifs is 1. The van der Waals surface area contributed by atoms with Gasteiger partial charge in [-0.1, -0.05) is 18.2 Å². The fourth-order valence-electron chi connectivity index (χ4n) is 2.56. The lowest BCUT2D eigenvalue weighted by molar-refractivity contribution is -0.137. The van der Waals surface area contributed by atoms with E-state index in [1.54, 1.807) is 0 Å². The van der Waals surface area contributed by atoms with Crippen LogP contribution in [0.5, 0.6) is 0 Å². The maximum absolute atomic E-state index is 10.8. The van der Waals surface area contributed by atoms with Crippen LogP contribution in [0.2, 0.25) is 0 Å². The molecule has 0 bridgehead atoms. The maximum Gasteiger partial charge on any atom is 0.305 e. The highest BCUT2D eigenvalue weighted by molar-refractivity contribution is 5.70. The predicted molar refractivity (Wildman–Crippen MR) is 63.8 cm³/mol. The number of carbonyl (C=O) groups is 1. The lowest BCUT2D eigenvalue weighted by atomic mass is 10.1. The normalized spacial score (nSPS) is 18.9. The summed E-state index contributed by atoms with van der Waals surface area (Å²) in [5.41, 5.74) is 2.46. The molecule has 2 rings (SSSR count). The van der Waals surface area contributed by atoms with Crippen LogP contribution >= 0.6 is 0 Å². The van der Waals surface area contributed by atoms with Gasteiger partial charge in [0, 0.05) is 17.8 Å². The van der Waals surface area contributed by atoms with Gasteiger partial charge in [0.05, 0.1) is 6.42 Å². The van der Waals surface area contributed by atoms with Crippen molar-refractivity contribution in [3.05, 3.63) is 29.8 Å². The average molecular weight is 219 g/mol. The van der Waals surface area contributed by atoms with E-state index in [-0.39, 0.29) is 12.5 Å². The second kappa shape index (κ2) is 4.16. The van der Waals surface area contributed by atoms with Gasteiger partial charge in [-0.05, 0) is 31.9 Å². The topological polar surface area (TPSA) is 40.5 Å². The second-order valence-electron chi connectivity index (χ2n) is 4.59. The van der Waals surface area contributed by atoms with Crippen LogP contribution in [0.3, 0.4) is 0 Å². The van der Waals surface area contributed by atoms with Gasteiger partial charge in [-0.2, -0.15) is 0 Å². The molecule has 1 N–H and O–H groups in total. The van der Waals surface area contributed by atoms with Crippen molar-refractivity contribution >= 4 is 11.7 Å². The number of hydrogen-bond acceptors (Lipinski definition) is 2. The summed E-state index contributed by atoms with van der Waals surface area (Å²) in [6, 6.07) is 8.64. The molecule has 3 nitrogen and oxygen atoms in total. The first kappa shape index (κ1) is 11.0. The minimum Gasteiger partial charge on any atom is -0.481 e. The first-order valence-electron chi connectivity index (χ1n) is 5.67. The van der Waals surface area contributed by atoms with Gasteiger partial charge >= 0.3 is 5.97 Å². The molecule has 1 aromatic carbocycles. The molecule has 0 aromatic heterocycles. The van der Waals surface area contributed by atoms with E-state index >= 15 is 0 Å². The summed E-state index contributed by atoms with van der Waals surface area (Å²) in [7, 11) is 0. The molecule has 16 heavy (non-hydrogen) atoms. The highest BCUT2D eigenvalue weighted by atomic mass is 16.4. The van der Waals surface area contributed by atoms with Crippen molar-refractivity contribution in [2.75, 3.05) is 4.90 Å². The summed E-state index contributed by atoms with van der Waals surface area (Å²) in [5.74, 6) is -0.719. The smallest absolute Gasteiger partial charge is 0.305 e. The van der Waals surface area contributed by atoms with Gasteiger partial charge in [-0.3, -0.25) is 4.79 Å². The molecule has 0 spiro atoms. The molecule has 3 heteroatoms. The largest absolute Gasteiger partial charge is 0.481 e. The van der Waals surface area contributed by atoms with E-state index in [0.29, 0.717) is 6.04 Å². The molecule has 1 atom stereocenters. The number of aliphatic carboxylic acids is 1. The molecule has 1 heterocycles. The summed E-state index contributed by atoms with van der Waals surface area (Å²) in [4.78, 5) is 13.1. The Labute approximate surface area is 95.7 Å². The number of rotatable bonds is 3. The zero-order valence-electron chi connectivity index (χ0n) is 9.68. The van der Waals surface area contributed by atoms with Crippen LogP contribution in [0.15, 0.2) is 24.3 Å². The van der Waals surface area contributed by atoms with Crippen LogP contribution < -0.4 is 4.90 Å². The first-order chi connectivity index (χ1) is 7.59. The Hall–Kier alpha value is -1.51.